The molecule has 0 atom stereocenters. The van der Waals surface area contributed by atoms with E-state index in [1.54, 1.807) is 25.1 Å². The van der Waals surface area contributed by atoms with Crippen molar-refractivity contribution >= 4 is 17.7 Å². The molecule has 92 valence electrons. The summed E-state index contributed by atoms with van der Waals surface area (Å²) in [6.07, 6.45) is 4.38. The molecule has 1 heterocycles. The Labute approximate surface area is 105 Å². The molecule has 0 bridgehead atoms. The zero-order valence-electron chi connectivity index (χ0n) is 9.86. The van der Waals surface area contributed by atoms with Gasteiger partial charge in [0, 0.05) is 19.3 Å². The number of aryl methyl sites for hydroxylation is 1. The number of thioether (sulfide) groups is 1. The highest BCUT2D eigenvalue weighted by Gasteiger charge is 2.01. The third-order valence-electron chi connectivity index (χ3n) is 1.83. The fourth-order valence-corrected chi connectivity index (χ4v) is 1.86. The molecule has 0 amide bonds. The van der Waals surface area contributed by atoms with E-state index in [0.29, 0.717) is 11.2 Å². The minimum Gasteiger partial charge on any atom is -0.440 e. The molecule has 2 N–H and O–H groups in total. The maximum atomic E-state index is 8.41. The van der Waals surface area contributed by atoms with Gasteiger partial charge in [-0.1, -0.05) is 11.8 Å². The van der Waals surface area contributed by atoms with Gasteiger partial charge in [0.15, 0.2) is 6.19 Å². The van der Waals surface area contributed by atoms with Gasteiger partial charge in [-0.3, -0.25) is 10.3 Å². The first kappa shape index (κ1) is 13.4. The zero-order valence-corrected chi connectivity index (χ0v) is 10.7. The Morgan fingerprint density at radius 3 is 3.12 bits per heavy atom. The lowest BCUT2D eigenvalue weighted by Crippen LogP contribution is -2.35. The van der Waals surface area contributed by atoms with Crippen LogP contribution in [-0.4, -0.2) is 30.3 Å². The van der Waals surface area contributed by atoms with Crippen LogP contribution < -0.4 is 10.6 Å². The number of oxazole rings is 1. The summed E-state index contributed by atoms with van der Waals surface area (Å²) in [6.45, 7) is 2.64. The van der Waals surface area contributed by atoms with E-state index in [0.717, 1.165) is 24.4 Å². The molecule has 0 aliphatic carbocycles. The van der Waals surface area contributed by atoms with Crippen molar-refractivity contribution in [2.45, 2.75) is 18.6 Å². The summed E-state index contributed by atoms with van der Waals surface area (Å²) in [5.74, 6) is 1.39. The number of aliphatic imine (C=N–C) groups is 1. The highest BCUT2D eigenvalue weighted by Crippen LogP contribution is 2.16. The van der Waals surface area contributed by atoms with E-state index >= 15 is 0 Å². The van der Waals surface area contributed by atoms with Gasteiger partial charge in [0.1, 0.15) is 6.26 Å². The van der Waals surface area contributed by atoms with Crippen molar-refractivity contribution < 1.29 is 4.42 Å². The Hall–Kier alpha value is -1.68. The molecule has 0 aromatic carbocycles. The zero-order chi connectivity index (χ0) is 12.5. The lowest BCUT2D eigenvalue weighted by molar-refractivity contribution is 0.454. The molecule has 0 aliphatic rings. The Morgan fingerprint density at radius 1 is 1.71 bits per heavy atom. The maximum Gasteiger partial charge on any atom is 0.255 e. The van der Waals surface area contributed by atoms with Crippen LogP contribution in [-0.2, 0) is 0 Å². The van der Waals surface area contributed by atoms with Crippen LogP contribution in [0.3, 0.4) is 0 Å². The van der Waals surface area contributed by atoms with Gasteiger partial charge < -0.3 is 9.73 Å². The summed E-state index contributed by atoms with van der Waals surface area (Å²) in [4.78, 5) is 8.06. The minimum atomic E-state index is 0.490. The van der Waals surface area contributed by atoms with Crippen molar-refractivity contribution in [2.75, 3.05) is 19.3 Å². The molecule has 0 fully saturated rings. The number of hydrogen-bond acceptors (Lipinski definition) is 5. The molecule has 0 spiro atoms. The highest BCUT2D eigenvalue weighted by atomic mass is 32.2. The number of nitrogens with zero attached hydrogens (tertiary/aromatic N) is 3. The Balaban J connectivity index is 2.11. The summed E-state index contributed by atoms with van der Waals surface area (Å²) in [6, 6.07) is 0. The first-order valence-electron chi connectivity index (χ1n) is 5.17. The molecule has 0 aliphatic heterocycles. The lowest BCUT2D eigenvalue weighted by atomic mass is 10.5. The first-order chi connectivity index (χ1) is 8.26. The van der Waals surface area contributed by atoms with Crippen LogP contribution in [0.2, 0.25) is 0 Å². The normalized spacial score (nSPS) is 11.0. The molecule has 1 aromatic rings. The van der Waals surface area contributed by atoms with Gasteiger partial charge in [0.25, 0.3) is 5.22 Å². The molecule has 7 heteroatoms. The molecule has 0 unspecified atom stereocenters. The number of nitriles is 1. The smallest absolute Gasteiger partial charge is 0.255 e. The van der Waals surface area contributed by atoms with Crippen LogP contribution in [0.1, 0.15) is 12.1 Å². The number of rotatable bonds is 5. The summed E-state index contributed by atoms with van der Waals surface area (Å²) in [5, 5.41) is 14.6. The van der Waals surface area contributed by atoms with Crippen molar-refractivity contribution in [3.8, 4) is 6.19 Å². The molecular formula is C10H15N5OS. The third-order valence-corrected chi connectivity index (χ3v) is 2.76. The van der Waals surface area contributed by atoms with E-state index < -0.39 is 0 Å². The van der Waals surface area contributed by atoms with Gasteiger partial charge in [-0.15, -0.1) is 0 Å². The van der Waals surface area contributed by atoms with Crippen LogP contribution >= 0.6 is 11.8 Å². The fourth-order valence-electron chi connectivity index (χ4n) is 1.07. The predicted octanol–water partition coefficient (Wildman–Crippen LogP) is 1.11. The quantitative estimate of drug-likeness (QED) is 0.204. The van der Waals surface area contributed by atoms with Gasteiger partial charge in [-0.05, 0) is 13.3 Å². The average molecular weight is 253 g/mol. The molecule has 6 nitrogen and oxygen atoms in total. The van der Waals surface area contributed by atoms with E-state index in [4.69, 9.17) is 9.68 Å². The van der Waals surface area contributed by atoms with Crippen LogP contribution in [0.4, 0.5) is 0 Å². The van der Waals surface area contributed by atoms with Crippen molar-refractivity contribution in [2.24, 2.45) is 4.99 Å². The number of aromatic nitrogens is 1. The van der Waals surface area contributed by atoms with Gasteiger partial charge in [0.2, 0.25) is 5.96 Å². The Morgan fingerprint density at radius 2 is 2.53 bits per heavy atom. The van der Waals surface area contributed by atoms with Gasteiger partial charge >= 0.3 is 0 Å². The second-order valence-electron chi connectivity index (χ2n) is 3.19. The van der Waals surface area contributed by atoms with Crippen molar-refractivity contribution in [1.82, 2.24) is 15.6 Å². The average Bonchev–Trinajstić information content (AvgIpc) is 2.73. The van der Waals surface area contributed by atoms with E-state index in [1.165, 1.54) is 0 Å². The molecule has 1 rings (SSSR count). The Bertz CT molecular complexity index is 409. The number of nitrogens with one attached hydrogen (secondary N) is 2. The minimum absolute atomic E-state index is 0.490. The third kappa shape index (κ3) is 5.26. The van der Waals surface area contributed by atoms with Crippen LogP contribution in [0.25, 0.3) is 0 Å². The van der Waals surface area contributed by atoms with Crippen molar-refractivity contribution in [1.29, 1.82) is 5.26 Å². The van der Waals surface area contributed by atoms with Gasteiger partial charge in [0.05, 0.1) is 5.69 Å². The van der Waals surface area contributed by atoms with Crippen molar-refractivity contribution in [3.63, 3.8) is 0 Å². The van der Waals surface area contributed by atoms with Crippen LogP contribution in [0.15, 0.2) is 20.9 Å². The maximum absolute atomic E-state index is 8.41. The molecule has 0 saturated carbocycles. The molecule has 1 aromatic heterocycles. The monoisotopic (exact) mass is 253 g/mol. The van der Waals surface area contributed by atoms with E-state index in [2.05, 4.69) is 20.6 Å². The van der Waals surface area contributed by atoms with Gasteiger partial charge in [-0.2, -0.15) is 5.26 Å². The van der Waals surface area contributed by atoms with Crippen LogP contribution in [0, 0.1) is 18.4 Å². The molecule has 0 radical (unpaired) electrons. The van der Waals surface area contributed by atoms with E-state index in [9.17, 15) is 0 Å². The fraction of sp³-hybridized carbons (Fsp3) is 0.500. The highest BCUT2D eigenvalue weighted by molar-refractivity contribution is 7.99. The van der Waals surface area contributed by atoms with E-state index in [1.807, 2.05) is 13.1 Å². The summed E-state index contributed by atoms with van der Waals surface area (Å²) in [5.41, 5.74) is 0.893. The van der Waals surface area contributed by atoms with Gasteiger partial charge in [-0.25, -0.2) is 4.98 Å². The summed E-state index contributed by atoms with van der Waals surface area (Å²) < 4.78 is 5.20. The largest absolute Gasteiger partial charge is 0.440 e. The molecule has 0 saturated heterocycles. The molecular weight excluding hydrogens is 238 g/mol. The molecule has 17 heavy (non-hydrogen) atoms. The second-order valence-corrected chi connectivity index (χ2v) is 4.24. The number of guanidine groups is 1. The topological polar surface area (TPSA) is 86.2 Å². The van der Waals surface area contributed by atoms with E-state index in [-0.39, 0.29) is 0 Å². The Kier molecular flexibility index (Phi) is 5.96. The number of hydrogen-bond donors (Lipinski definition) is 2. The standard InChI is InChI=1S/C10H15N5OS/c1-8-6-16-10(15-8)17-5-3-4-13-9(12-2)14-7-11/h6H,3-5H2,1-2H3,(H2,12,13,14). The SMILES string of the molecule is CN=C(NC#N)NCCCSc1nc(C)co1. The second kappa shape index (κ2) is 7.57. The lowest BCUT2D eigenvalue weighted by Gasteiger charge is -2.05. The first-order valence-corrected chi connectivity index (χ1v) is 6.15. The van der Waals surface area contributed by atoms with Crippen LogP contribution in [0.5, 0.6) is 0 Å². The predicted molar refractivity (Wildman–Crippen MR) is 66.7 cm³/mol. The van der Waals surface area contributed by atoms with Crippen molar-refractivity contribution in [3.05, 3.63) is 12.0 Å². The summed E-state index contributed by atoms with van der Waals surface area (Å²) in [7, 11) is 1.62. The summed E-state index contributed by atoms with van der Waals surface area (Å²) >= 11 is 1.57.